The number of sulfonamides is 1. The first-order chi connectivity index (χ1) is 11.0. The van der Waals surface area contributed by atoms with E-state index in [1.165, 1.54) is 5.56 Å². The van der Waals surface area contributed by atoms with Crippen LogP contribution >= 0.6 is 0 Å². The van der Waals surface area contributed by atoms with Crippen molar-refractivity contribution in [2.45, 2.75) is 11.4 Å². The van der Waals surface area contributed by atoms with Gasteiger partial charge in [-0.1, -0.05) is 12.1 Å². The Balaban J connectivity index is 1.68. The van der Waals surface area contributed by atoms with E-state index in [9.17, 15) is 8.42 Å². The molecular weight excluding hydrogens is 312 g/mol. The van der Waals surface area contributed by atoms with Crippen molar-refractivity contribution in [1.29, 1.82) is 0 Å². The third kappa shape index (κ3) is 3.87. The van der Waals surface area contributed by atoms with Crippen molar-refractivity contribution in [3.8, 4) is 0 Å². The van der Waals surface area contributed by atoms with Crippen LogP contribution in [0.5, 0.6) is 0 Å². The van der Waals surface area contributed by atoms with Crippen molar-refractivity contribution >= 4 is 15.7 Å². The van der Waals surface area contributed by atoms with Crippen molar-refractivity contribution in [2.75, 3.05) is 31.1 Å². The molecule has 0 radical (unpaired) electrons. The van der Waals surface area contributed by atoms with Gasteiger partial charge in [0.05, 0.1) is 5.69 Å². The number of anilines is 1. The molecule has 0 bridgehead atoms. The minimum absolute atomic E-state index is 0.197. The number of nitrogens with two attached hydrogens (primary N) is 1. The number of hydrogen-bond acceptors (Lipinski definition) is 5. The number of benzene rings is 1. The molecule has 1 saturated heterocycles. The van der Waals surface area contributed by atoms with Crippen LogP contribution in [-0.4, -0.2) is 44.5 Å². The van der Waals surface area contributed by atoms with Crippen LogP contribution in [0, 0.1) is 0 Å². The molecular formula is C16H20N4O2S. The molecule has 1 aromatic carbocycles. The van der Waals surface area contributed by atoms with E-state index in [2.05, 4.69) is 14.8 Å². The zero-order valence-electron chi connectivity index (χ0n) is 12.8. The van der Waals surface area contributed by atoms with Crippen LogP contribution in [0.4, 0.5) is 5.69 Å². The summed E-state index contributed by atoms with van der Waals surface area (Å²) >= 11 is 0. The maximum Gasteiger partial charge on any atom is 0.240 e. The van der Waals surface area contributed by atoms with Crippen molar-refractivity contribution in [1.82, 2.24) is 9.88 Å². The Morgan fingerprint density at radius 3 is 2.30 bits per heavy atom. The average molecular weight is 332 g/mol. The number of para-hydroxylation sites is 1. The van der Waals surface area contributed by atoms with Gasteiger partial charge in [-0.15, -0.1) is 0 Å². The van der Waals surface area contributed by atoms with Crippen LogP contribution in [-0.2, 0) is 16.6 Å². The molecule has 0 amide bonds. The van der Waals surface area contributed by atoms with Gasteiger partial charge in [0, 0.05) is 45.1 Å². The number of piperazine rings is 1. The average Bonchev–Trinajstić information content (AvgIpc) is 2.56. The summed E-state index contributed by atoms with van der Waals surface area (Å²) in [4.78, 5) is 8.66. The number of nitrogens with zero attached hydrogens (tertiary/aromatic N) is 3. The molecule has 3 rings (SSSR count). The molecule has 122 valence electrons. The molecule has 1 aliphatic rings. The SMILES string of the molecule is NS(=O)(=O)c1ccccc1N1CCN(Cc2ccncc2)CC1. The molecule has 1 aliphatic heterocycles. The number of pyridine rings is 1. The number of primary sulfonamides is 1. The van der Waals surface area contributed by atoms with Crippen molar-refractivity contribution < 1.29 is 8.42 Å². The fourth-order valence-corrected chi connectivity index (χ4v) is 3.61. The summed E-state index contributed by atoms with van der Waals surface area (Å²) in [6.45, 7) is 4.19. The maximum atomic E-state index is 11.7. The Kier molecular flexibility index (Phi) is 4.61. The number of aromatic nitrogens is 1. The molecule has 2 heterocycles. The number of hydrogen-bond donors (Lipinski definition) is 1. The third-order valence-electron chi connectivity index (χ3n) is 4.04. The summed E-state index contributed by atoms with van der Waals surface area (Å²) in [6.07, 6.45) is 3.60. The molecule has 0 saturated carbocycles. The van der Waals surface area contributed by atoms with Gasteiger partial charge in [-0.25, -0.2) is 13.6 Å². The zero-order chi connectivity index (χ0) is 16.3. The Morgan fingerprint density at radius 1 is 1.00 bits per heavy atom. The smallest absolute Gasteiger partial charge is 0.240 e. The van der Waals surface area contributed by atoms with Crippen LogP contribution in [0.3, 0.4) is 0 Å². The molecule has 2 aromatic rings. The summed E-state index contributed by atoms with van der Waals surface area (Å²) in [5, 5.41) is 5.32. The maximum absolute atomic E-state index is 11.7. The molecule has 6 nitrogen and oxygen atoms in total. The van der Waals surface area contributed by atoms with E-state index >= 15 is 0 Å². The normalized spacial score (nSPS) is 16.5. The molecule has 0 unspecified atom stereocenters. The van der Waals surface area contributed by atoms with Gasteiger partial charge in [0.2, 0.25) is 10.0 Å². The van der Waals surface area contributed by atoms with Gasteiger partial charge in [0.15, 0.2) is 0 Å². The predicted molar refractivity (Wildman–Crippen MR) is 89.5 cm³/mol. The lowest BCUT2D eigenvalue weighted by molar-refractivity contribution is 0.249. The molecule has 23 heavy (non-hydrogen) atoms. The lowest BCUT2D eigenvalue weighted by atomic mass is 10.2. The summed E-state index contributed by atoms with van der Waals surface area (Å²) in [6, 6.07) is 11.0. The second-order valence-corrected chi connectivity index (χ2v) is 7.16. The van der Waals surface area contributed by atoms with Gasteiger partial charge >= 0.3 is 0 Å². The van der Waals surface area contributed by atoms with E-state index in [1.54, 1.807) is 24.5 Å². The first-order valence-corrected chi connectivity index (χ1v) is 9.07. The van der Waals surface area contributed by atoms with Crippen LogP contribution in [0.25, 0.3) is 0 Å². The molecule has 0 aliphatic carbocycles. The van der Waals surface area contributed by atoms with Gasteiger partial charge in [0.25, 0.3) is 0 Å². The fourth-order valence-electron chi connectivity index (χ4n) is 2.85. The molecule has 0 atom stereocenters. The highest BCUT2D eigenvalue weighted by atomic mass is 32.2. The minimum Gasteiger partial charge on any atom is -0.368 e. The van der Waals surface area contributed by atoms with Crippen molar-refractivity contribution in [3.05, 3.63) is 54.4 Å². The van der Waals surface area contributed by atoms with Crippen molar-refractivity contribution in [2.24, 2.45) is 5.14 Å². The Hall–Kier alpha value is -1.96. The summed E-state index contributed by atoms with van der Waals surface area (Å²) < 4.78 is 23.5. The Morgan fingerprint density at radius 2 is 1.65 bits per heavy atom. The van der Waals surface area contributed by atoms with Gasteiger partial charge in [-0.2, -0.15) is 0 Å². The summed E-state index contributed by atoms with van der Waals surface area (Å²) in [5.41, 5.74) is 1.93. The standard InChI is InChI=1S/C16H20N4O2S/c17-23(21,22)16-4-2-1-3-15(16)20-11-9-19(10-12-20)13-14-5-7-18-8-6-14/h1-8H,9-13H2,(H2,17,21,22). The highest BCUT2D eigenvalue weighted by molar-refractivity contribution is 7.89. The van der Waals surface area contributed by atoms with Crippen molar-refractivity contribution in [3.63, 3.8) is 0 Å². The monoisotopic (exact) mass is 332 g/mol. The highest BCUT2D eigenvalue weighted by Gasteiger charge is 2.22. The lowest BCUT2D eigenvalue weighted by Gasteiger charge is -2.36. The third-order valence-corrected chi connectivity index (χ3v) is 5.00. The summed E-state index contributed by atoms with van der Waals surface area (Å²) in [5.74, 6) is 0. The van der Waals surface area contributed by atoms with Crippen LogP contribution in [0.15, 0.2) is 53.7 Å². The number of rotatable bonds is 4. The van der Waals surface area contributed by atoms with E-state index in [-0.39, 0.29) is 4.90 Å². The van der Waals surface area contributed by atoms with Gasteiger partial charge < -0.3 is 4.90 Å². The molecule has 7 heteroatoms. The lowest BCUT2D eigenvalue weighted by Crippen LogP contribution is -2.46. The highest BCUT2D eigenvalue weighted by Crippen LogP contribution is 2.25. The second-order valence-electron chi connectivity index (χ2n) is 5.63. The second kappa shape index (κ2) is 6.66. The van der Waals surface area contributed by atoms with E-state index in [1.807, 2.05) is 24.3 Å². The topological polar surface area (TPSA) is 79.5 Å². The van der Waals surface area contributed by atoms with E-state index in [0.29, 0.717) is 5.69 Å². The van der Waals surface area contributed by atoms with Crippen LogP contribution < -0.4 is 10.0 Å². The quantitative estimate of drug-likeness (QED) is 0.905. The molecule has 0 spiro atoms. The predicted octanol–water partition coefficient (Wildman–Crippen LogP) is 1.05. The molecule has 1 fully saturated rings. The Labute approximate surface area is 136 Å². The van der Waals surface area contributed by atoms with E-state index < -0.39 is 10.0 Å². The largest absolute Gasteiger partial charge is 0.368 e. The first kappa shape index (κ1) is 15.9. The minimum atomic E-state index is -3.71. The fraction of sp³-hybridized carbons (Fsp3) is 0.312. The van der Waals surface area contributed by atoms with Gasteiger partial charge in [0.1, 0.15) is 4.90 Å². The van der Waals surface area contributed by atoms with E-state index in [0.717, 1.165) is 32.7 Å². The molecule has 2 N–H and O–H groups in total. The van der Waals surface area contributed by atoms with Gasteiger partial charge in [-0.3, -0.25) is 9.88 Å². The van der Waals surface area contributed by atoms with E-state index in [4.69, 9.17) is 5.14 Å². The zero-order valence-corrected chi connectivity index (χ0v) is 13.6. The molecule has 1 aromatic heterocycles. The van der Waals surface area contributed by atoms with Crippen LogP contribution in [0.2, 0.25) is 0 Å². The van der Waals surface area contributed by atoms with Gasteiger partial charge in [-0.05, 0) is 29.8 Å². The first-order valence-electron chi connectivity index (χ1n) is 7.52. The summed E-state index contributed by atoms with van der Waals surface area (Å²) in [7, 11) is -3.71. The Bertz CT molecular complexity index is 757. The van der Waals surface area contributed by atoms with Crippen LogP contribution in [0.1, 0.15) is 5.56 Å².